The molecule has 0 saturated heterocycles. The van der Waals surface area contributed by atoms with E-state index in [1.54, 1.807) is 0 Å². The SMILES string of the molecule is Cc1ccc(N2C[C@H](C(C)C)N=C2c2cccc(C3=N[C@@H](C(C)C)CO3)c2)cc1. The molecule has 0 bridgehead atoms. The molecule has 0 N–H and O–H groups in total. The van der Waals surface area contributed by atoms with Gasteiger partial charge in [-0.3, -0.25) is 4.99 Å². The Kier molecular flexibility index (Phi) is 5.44. The molecule has 2 atom stereocenters. The fourth-order valence-corrected chi connectivity index (χ4v) is 3.76. The lowest BCUT2D eigenvalue weighted by Gasteiger charge is -2.22. The lowest BCUT2D eigenvalue weighted by Crippen LogP contribution is -2.31. The highest BCUT2D eigenvalue weighted by atomic mass is 16.5. The molecule has 0 aliphatic carbocycles. The van der Waals surface area contributed by atoms with Gasteiger partial charge in [0.25, 0.3) is 0 Å². The van der Waals surface area contributed by atoms with E-state index in [4.69, 9.17) is 14.7 Å². The second-order valence-corrected chi connectivity index (χ2v) is 8.85. The quantitative estimate of drug-likeness (QED) is 0.714. The van der Waals surface area contributed by atoms with Gasteiger partial charge in [-0.25, -0.2) is 4.99 Å². The van der Waals surface area contributed by atoms with E-state index in [-0.39, 0.29) is 6.04 Å². The maximum atomic E-state index is 5.91. The lowest BCUT2D eigenvalue weighted by atomic mass is 10.1. The highest BCUT2D eigenvalue weighted by Crippen LogP contribution is 2.28. The van der Waals surface area contributed by atoms with Crippen LogP contribution in [-0.4, -0.2) is 37.0 Å². The molecule has 0 amide bonds. The topological polar surface area (TPSA) is 37.2 Å². The van der Waals surface area contributed by atoms with E-state index >= 15 is 0 Å². The molecule has 4 heteroatoms. The summed E-state index contributed by atoms with van der Waals surface area (Å²) >= 11 is 0. The molecular formula is C25H31N3O. The molecule has 0 saturated carbocycles. The molecule has 152 valence electrons. The van der Waals surface area contributed by atoms with Gasteiger partial charge in [-0.05, 0) is 43.0 Å². The highest BCUT2D eigenvalue weighted by molar-refractivity contribution is 6.12. The van der Waals surface area contributed by atoms with Gasteiger partial charge in [0.2, 0.25) is 5.90 Å². The summed E-state index contributed by atoms with van der Waals surface area (Å²) < 4.78 is 5.91. The summed E-state index contributed by atoms with van der Waals surface area (Å²) in [6.45, 7) is 12.6. The highest BCUT2D eigenvalue weighted by Gasteiger charge is 2.30. The van der Waals surface area contributed by atoms with E-state index in [0.717, 1.165) is 29.4 Å². The molecular weight excluding hydrogens is 358 g/mol. The van der Waals surface area contributed by atoms with Gasteiger partial charge in [-0.1, -0.05) is 57.5 Å². The Labute approximate surface area is 174 Å². The zero-order valence-corrected chi connectivity index (χ0v) is 18.1. The molecule has 0 fully saturated rings. The van der Waals surface area contributed by atoms with Crippen LogP contribution in [-0.2, 0) is 4.74 Å². The van der Waals surface area contributed by atoms with Crippen molar-refractivity contribution >= 4 is 17.4 Å². The van der Waals surface area contributed by atoms with Crippen molar-refractivity contribution in [3.8, 4) is 0 Å². The fraction of sp³-hybridized carbons (Fsp3) is 0.440. The van der Waals surface area contributed by atoms with Gasteiger partial charge in [0.1, 0.15) is 12.4 Å². The van der Waals surface area contributed by atoms with Gasteiger partial charge in [-0.15, -0.1) is 0 Å². The van der Waals surface area contributed by atoms with Crippen LogP contribution in [0.1, 0.15) is 44.4 Å². The Morgan fingerprint density at radius 2 is 1.59 bits per heavy atom. The third kappa shape index (κ3) is 4.07. The van der Waals surface area contributed by atoms with Crippen molar-refractivity contribution in [1.82, 2.24) is 0 Å². The molecule has 2 heterocycles. The third-order valence-corrected chi connectivity index (χ3v) is 5.84. The van der Waals surface area contributed by atoms with Gasteiger partial charge in [0, 0.05) is 23.4 Å². The van der Waals surface area contributed by atoms with Crippen molar-refractivity contribution in [3.63, 3.8) is 0 Å². The molecule has 0 aromatic heterocycles. The van der Waals surface area contributed by atoms with Crippen molar-refractivity contribution < 1.29 is 4.74 Å². The van der Waals surface area contributed by atoms with Crippen molar-refractivity contribution in [2.45, 2.75) is 46.7 Å². The Morgan fingerprint density at radius 3 is 2.24 bits per heavy atom. The van der Waals surface area contributed by atoms with Crippen LogP contribution < -0.4 is 4.90 Å². The molecule has 4 rings (SSSR count). The first-order valence-electron chi connectivity index (χ1n) is 10.7. The van der Waals surface area contributed by atoms with Gasteiger partial charge in [-0.2, -0.15) is 0 Å². The molecule has 29 heavy (non-hydrogen) atoms. The first-order valence-corrected chi connectivity index (χ1v) is 10.7. The second-order valence-electron chi connectivity index (χ2n) is 8.85. The zero-order chi connectivity index (χ0) is 20.5. The number of aryl methyl sites for hydroxylation is 1. The van der Waals surface area contributed by atoms with E-state index in [9.17, 15) is 0 Å². The average Bonchev–Trinajstić information content (AvgIpc) is 3.37. The van der Waals surface area contributed by atoms with Gasteiger partial charge >= 0.3 is 0 Å². The summed E-state index contributed by atoms with van der Waals surface area (Å²) in [7, 11) is 0. The van der Waals surface area contributed by atoms with E-state index in [0.29, 0.717) is 24.5 Å². The van der Waals surface area contributed by atoms with E-state index in [1.807, 2.05) is 0 Å². The molecule has 2 aliphatic rings. The van der Waals surface area contributed by atoms with Crippen LogP contribution in [0.25, 0.3) is 0 Å². The third-order valence-electron chi connectivity index (χ3n) is 5.84. The van der Waals surface area contributed by atoms with E-state index < -0.39 is 0 Å². The molecule has 4 nitrogen and oxygen atoms in total. The van der Waals surface area contributed by atoms with Crippen molar-refractivity contribution in [3.05, 3.63) is 65.2 Å². The smallest absolute Gasteiger partial charge is 0.216 e. The Bertz CT molecular complexity index is 927. The van der Waals surface area contributed by atoms with Crippen molar-refractivity contribution in [2.75, 3.05) is 18.1 Å². The Balaban J connectivity index is 1.68. The van der Waals surface area contributed by atoms with E-state index in [1.165, 1.54) is 11.3 Å². The first-order chi connectivity index (χ1) is 13.9. The lowest BCUT2D eigenvalue weighted by molar-refractivity contribution is 0.292. The molecule has 0 spiro atoms. The fourth-order valence-electron chi connectivity index (χ4n) is 3.76. The van der Waals surface area contributed by atoms with Gasteiger partial charge in [0.15, 0.2) is 0 Å². The van der Waals surface area contributed by atoms with Crippen LogP contribution >= 0.6 is 0 Å². The normalized spacial score (nSPS) is 21.6. The molecule has 0 radical (unpaired) electrons. The van der Waals surface area contributed by atoms with Crippen molar-refractivity contribution in [2.24, 2.45) is 21.8 Å². The Morgan fingerprint density at radius 1 is 0.897 bits per heavy atom. The number of aliphatic imine (C=N–C) groups is 2. The van der Waals surface area contributed by atoms with E-state index in [2.05, 4.69) is 88.0 Å². The van der Waals surface area contributed by atoms with Crippen LogP contribution in [0.4, 0.5) is 5.69 Å². The first kappa shape index (κ1) is 19.7. The molecule has 0 unspecified atom stereocenters. The monoisotopic (exact) mass is 389 g/mol. The maximum Gasteiger partial charge on any atom is 0.216 e. The van der Waals surface area contributed by atoms with Crippen LogP contribution in [0.2, 0.25) is 0 Å². The minimum Gasteiger partial charge on any atom is -0.475 e. The molecule has 2 aromatic rings. The molecule has 2 aliphatic heterocycles. The standard InChI is InChI=1S/C25H31N3O/c1-16(2)22-14-28(21-11-9-18(5)10-12-21)24(26-22)19-7-6-8-20(13-19)25-27-23(15-29-25)17(3)4/h6-13,16-17,22-23H,14-15H2,1-5H3/t22-,23-/m1/s1. The van der Waals surface area contributed by atoms with Gasteiger partial charge in [0.05, 0.1) is 12.1 Å². The summed E-state index contributed by atoms with van der Waals surface area (Å²) in [4.78, 5) is 12.3. The Hall–Kier alpha value is -2.62. The average molecular weight is 390 g/mol. The largest absolute Gasteiger partial charge is 0.475 e. The number of anilines is 1. The molecule has 2 aromatic carbocycles. The van der Waals surface area contributed by atoms with Crippen LogP contribution in [0.5, 0.6) is 0 Å². The number of nitrogens with zero attached hydrogens (tertiary/aromatic N) is 3. The summed E-state index contributed by atoms with van der Waals surface area (Å²) in [6, 6.07) is 17.7. The van der Waals surface area contributed by atoms with Crippen molar-refractivity contribution in [1.29, 1.82) is 0 Å². The number of amidine groups is 1. The minimum absolute atomic E-state index is 0.242. The predicted molar refractivity (Wildman–Crippen MR) is 121 cm³/mol. The minimum atomic E-state index is 0.242. The predicted octanol–water partition coefficient (Wildman–Crippen LogP) is 5.09. The summed E-state index contributed by atoms with van der Waals surface area (Å²) in [5.74, 6) is 2.77. The number of rotatable bonds is 5. The van der Waals surface area contributed by atoms with Crippen LogP contribution in [0.3, 0.4) is 0 Å². The zero-order valence-electron chi connectivity index (χ0n) is 18.1. The number of hydrogen-bond donors (Lipinski definition) is 0. The van der Waals surface area contributed by atoms with Crippen LogP contribution in [0.15, 0.2) is 58.5 Å². The second kappa shape index (κ2) is 8.02. The number of hydrogen-bond acceptors (Lipinski definition) is 4. The van der Waals surface area contributed by atoms with Gasteiger partial charge < -0.3 is 9.64 Å². The summed E-state index contributed by atoms with van der Waals surface area (Å²) in [5, 5.41) is 0. The maximum absolute atomic E-state index is 5.91. The summed E-state index contributed by atoms with van der Waals surface area (Å²) in [5.41, 5.74) is 4.61. The van der Waals surface area contributed by atoms with Crippen LogP contribution in [0, 0.1) is 18.8 Å². The number of ether oxygens (including phenoxy) is 1. The summed E-state index contributed by atoms with van der Waals surface area (Å²) in [6.07, 6.45) is 0. The number of benzene rings is 2.